The normalized spacial score (nSPS) is 11.6. The summed E-state index contributed by atoms with van der Waals surface area (Å²) in [4.78, 5) is 9.79. The summed E-state index contributed by atoms with van der Waals surface area (Å²) in [5, 5.41) is 3.70. The van der Waals surface area contributed by atoms with Gasteiger partial charge in [0.05, 0.1) is 16.6 Å². The number of pyridine rings is 1. The maximum absolute atomic E-state index is 4.99. The van der Waals surface area contributed by atoms with Crippen LogP contribution in [0.1, 0.15) is 17.1 Å². The van der Waals surface area contributed by atoms with Crippen molar-refractivity contribution in [3.8, 4) is 0 Å². The predicted octanol–water partition coefficient (Wildman–Crippen LogP) is 5.37. The van der Waals surface area contributed by atoms with Gasteiger partial charge < -0.3 is 4.57 Å². The van der Waals surface area contributed by atoms with Crippen LogP contribution < -0.4 is 0 Å². The van der Waals surface area contributed by atoms with E-state index in [4.69, 9.17) is 9.97 Å². The quantitative estimate of drug-likeness (QED) is 0.437. The fourth-order valence-corrected chi connectivity index (χ4v) is 3.95. The first-order valence-electron chi connectivity index (χ1n) is 9.39. The Balaban J connectivity index is 1.53. The Morgan fingerprint density at radius 1 is 0.815 bits per heavy atom. The monoisotopic (exact) mass is 351 g/mol. The average Bonchev–Trinajstić information content (AvgIpc) is 3.02. The molecular formula is C24H21N3. The Bertz CT molecular complexity index is 1300. The first kappa shape index (κ1) is 16.0. The Kier molecular flexibility index (Phi) is 3.68. The molecule has 3 nitrogen and oxygen atoms in total. The minimum absolute atomic E-state index is 0.879. The molecule has 27 heavy (non-hydrogen) atoms. The highest BCUT2D eigenvalue weighted by atomic mass is 15.1. The van der Waals surface area contributed by atoms with E-state index in [1.165, 1.54) is 27.2 Å². The van der Waals surface area contributed by atoms with Crippen molar-refractivity contribution < 1.29 is 0 Å². The molecule has 0 aliphatic carbocycles. The number of benzene rings is 3. The van der Waals surface area contributed by atoms with Gasteiger partial charge in [-0.2, -0.15) is 0 Å². The second kappa shape index (κ2) is 6.20. The molecule has 0 saturated carbocycles. The van der Waals surface area contributed by atoms with E-state index < -0.39 is 0 Å². The minimum Gasteiger partial charge on any atom is -0.331 e. The van der Waals surface area contributed by atoms with Crippen molar-refractivity contribution in [3.63, 3.8) is 0 Å². The molecule has 0 fully saturated rings. The zero-order valence-corrected chi connectivity index (χ0v) is 15.6. The maximum atomic E-state index is 4.99. The Labute approximate surface area is 158 Å². The topological polar surface area (TPSA) is 30.7 Å². The van der Waals surface area contributed by atoms with Gasteiger partial charge in [0, 0.05) is 29.9 Å². The molecule has 0 aliphatic rings. The standard InChI is InChI=1S/C24H21N3/c1-16-15-22-24(20-9-5-4-8-19(16)20)26-23(27(22)2)14-13-18-12-11-17-7-3-6-10-21(17)25-18/h3-12,15H,13-14H2,1-2H3. The van der Waals surface area contributed by atoms with Gasteiger partial charge in [0.15, 0.2) is 0 Å². The predicted molar refractivity (Wildman–Crippen MR) is 112 cm³/mol. The van der Waals surface area contributed by atoms with E-state index in [0.29, 0.717) is 0 Å². The molecule has 0 aliphatic heterocycles. The lowest BCUT2D eigenvalue weighted by Crippen LogP contribution is -2.01. The molecule has 2 heterocycles. The number of aromatic nitrogens is 3. The number of para-hydroxylation sites is 1. The fourth-order valence-electron chi connectivity index (χ4n) is 3.95. The number of hydrogen-bond donors (Lipinski definition) is 0. The summed E-state index contributed by atoms with van der Waals surface area (Å²) in [6.07, 6.45) is 1.77. The number of hydrogen-bond acceptors (Lipinski definition) is 2. The van der Waals surface area contributed by atoms with Gasteiger partial charge in [0.25, 0.3) is 0 Å². The van der Waals surface area contributed by atoms with E-state index in [2.05, 4.69) is 79.2 Å². The second-order valence-electron chi connectivity index (χ2n) is 7.19. The van der Waals surface area contributed by atoms with Crippen LogP contribution in [0, 0.1) is 6.92 Å². The lowest BCUT2D eigenvalue weighted by Gasteiger charge is -2.05. The van der Waals surface area contributed by atoms with Gasteiger partial charge in [-0.15, -0.1) is 0 Å². The molecule has 0 amide bonds. The van der Waals surface area contributed by atoms with Crippen LogP contribution in [0.15, 0.2) is 66.7 Å². The summed E-state index contributed by atoms with van der Waals surface area (Å²) in [6, 6.07) is 23.3. The van der Waals surface area contributed by atoms with Crippen molar-refractivity contribution in [2.45, 2.75) is 19.8 Å². The molecule has 0 N–H and O–H groups in total. The summed E-state index contributed by atoms with van der Waals surface area (Å²) >= 11 is 0. The van der Waals surface area contributed by atoms with E-state index in [1.54, 1.807) is 0 Å². The molecule has 2 aromatic heterocycles. The van der Waals surface area contributed by atoms with E-state index >= 15 is 0 Å². The van der Waals surface area contributed by atoms with Gasteiger partial charge in [-0.25, -0.2) is 4.98 Å². The van der Waals surface area contributed by atoms with Gasteiger partial charge in [-0.05, 0) is 42.5 Å². The highest BCUT2D eigenvalue weighted by molar-refractivity contribution is 6.06. The first-order valence-corrected chi connectivity index (χ1v) is 9.39. The van der Waals surface area contributed by atoms with Gasteiger partial charge in [0.1, 0.15) is 5.82 Å². The fraction of sp³-hybridized carbons (Fsp3) is 0.167. The third-order valence-corrected chi connectivity index (χ3v) is 5.45. The van der Waals surface area contributed by atoms with Crippen LogP contribution in [0.3, 0.4) is 0 Å². The Morgan fingerprint density at radius 3 is 2.48 bits per heavy atom. The van der Waals surface area contributed by atoms with Crippen molar-refractivity contribution in [1.29, 1.82) is 0 Å². The second-order valence-corrected chi connectivity index (χ2v) is 7.19. The molecule has 0 spiro atoms. The Hall–Kier alpha value is -3.20. The van der Waals surface area contributed by atoms with Crippen molar-refractivity contribution in [2.75, 3.05) is 0 Å². The molecule has 5 rings (SSSR count). The molecule has 0 atom stereocenters. The molecule has 0 bridgehead atoms. The molecule has 132 valence electrons. The summed E-state index contributed by atoms with van der Waals surface area (Å²) in [6.45, 7) is 2.17. The van der Waals surface area contributed by atoms with E-state index in [0.717, 1.165) is 35.4 Å². The zero-order valence-electron chi connectivity index (χ0n) is 15.6. The van der Waals surface area contributed by atoms with Crippen molar-refractivity contribution in [2.24, 2.45) is 7.05 Å². The molecule has 0 radical (unpaired) electrons. The molecule has 0 saturated heterocycles. The summed E-state index contributed by atoms with van der Waals surface area (Å²) < 4.78 is 2.23. The minimum atomic E-state index is 0.879. The third kappa shape index (κ3) is 2.67. The lowest BCUT2D eigenvalue weighted by molar-refractivity contribution is 0.778. The number of aryl methyl sites for hydroxylation is 4. The van der Waals surface area contributed by atoms with Gasteiger partial charge in [-0.3, -0.25) is 4.98 Å². The molecule has 0 unspecified atom stereocenters. The summed E-state index contributed by atoms with van der Waals surface area (Å²) in [5.74, 6) is 1.11. The molecular weight excluding hydrogens is 330 g/mol. The number of rotatable bonds is 3. The highest BCUT2D eigenvalue weighted by Crippen LogP contribution is 2.28. The molecule has 3 aromatic carbocycles. The van der Waals surface area contributed by atoms with Gasteiger partial charge in [-0.1, -0.05) is 48.5 Å². The van der Waals surface area contributed by atoms with Crippen LogP contribution in [-0.2, 0) is 19.9 Å². The SMILES string of the molecule is Cc1cc2c(nc(CCc3ccc4ccccc4n3)n2C)c2ccccc12. The summed E-state index contributed by atoms with van der Waals surface area (Å²) in [7, 11) is 2.12. The molecule has 5 aromatic rings. The smallest absolute Gasteiger partial charge is 0.110 e. The largest absolute Gasteiger partial charge is 0.331 e. The number of fused-ring (bicyclic) bond motifs is 4. The van der Waals surface area contributed by atoms with E-state index in [1.807, 2.05) is 6.07 Å². The van der Waals surface area contributed by atoms with Crippen molar-refractivity contribution >= 4 is 32.7 Å². The number of nitrogens with zero attached hydrogens (tertiary/aromatic N) is 3. The number of imidazole rings is 1. The maximum Gasteiger partial charge on any atom is 0.110 e. The van der Waals surface area contributed by atoms with Crippen LogP contribution >= 0.6 is 0 Å². The van der Waals surface area contributed by atoms with Crippen LogP contribution in [-0.4, -0.2) is 14.5 Å². The van der Waals surface area contributed by atoms with Crippen molar-refractivity contribution in [3.05, 3.63) is 83.8 Å². The average molecular weight is 351 g/mol. The summed E-state index contributed by atoms with van der Waals surface area (Å²) in [5.41, 5.74) is 5.76. The Morgan fingerprint density at radius 2 is 1.59 bits per heavy atom. The lowest BCUT2D eigenvalue weighted by atomic mass is 10.0. The van der Waals surface area contributed by atoms with Crippen LogP contribution in [0.25, 0.3) is 32.7 Å². The zero-order chi connectivity index (χ0) is 18.4. The van der Waals surface area contributed by atoms with Crippen LogP contribution in [0.2, 0.25) is 0 Å². The first-order chi connectivity index (χ1) is 13.2. The van der Waals surface area contributed by atoms with Crippen molar-refractivity contribution in [1.82, 2.24) is 14.5 Å². The van der Waals surface area contributed by atoms with Crippen LogP contribution in [0.5, 0.6) is 0 Å². The van der Waals surface area contributed by atoms with Gasteiger partial charge in [0.2, 0.25) is 0 Å². The molecule has 3 heteroatoms. The van der Waals surface area contributed by atoms with E-state index in [-0.39, 0.29) is 0 Å². The third-order valence-electron chi connectivity index (χ3n) is 5.45. The highest BCUT2D eigenvalue weighted by Gasteiger charge is 2.12. The van der Waals surface area contributed by atoms with E-state index in [9.17, 15) is 0 Å². The van der Waals surface area contributed by atoms with Crippen LogP contribution in [0.4, 0.5) is 0 Å². The van der Waals surface area contributed by atoms with Gasteiger partial charge >= 0.3 is 0 Å².